The van der Waals surface area contributed by atoms with E-state index >= 15 is 0 Å². The third-order valence-electron chi connectivity index (χ3n) is 5.29. The Labute approximate surface area is 139 Å². The first-order chi connectivity index (χ1) is 11.4. The maximum absolute atomic E-state index is 4.13. The summed E-state index contributed by atoms with van der Waals surface area (Å²) in [5.74, 6) is 0.819. The van der Waals surface area contributed by atoms with Crippen LogP contribution in [0.4, 0.5) is 0 Å². The molecule has 5 rings (SSSR count). The molecule has 0 aliphatic carbocycles. The van der Waals surface area contributed by atoms with Crippen molar-refractivity contribution in [2.45, 2.75) is 32.0 Å². The van der Waals surface area contributed by atoms with Crippen molar-refractivity contribution < 1.29 is 0 Å². The number of rotatable bonds is 4. The molecule has 0 N–H and O–H groups in total. The third-order valence-corrected chi connectivity index (χ3v) is 5.29. The van der Waals surface area contributed by atoms with Crippen molar-refractivity contribution in [1.82, 2.24) is 14.8 Å². The van der Waals surface area contributed by atoms with E-state index in [1.54, 1.807) is 0 Å². The van der Waals surface area contributed by atoms with Gasteiger partial charge in [-0.05, 0) is 42.0 Å². The molecule has 3 aliphatic heterocycles. The summed E-state index contributed by atoms with van der Waals surface area (Å²) in [5, 5.41) is 0. The van der Waals surface area contributed by atoms with Gasteiger partial charge in [-0.2, -0.15) is 0 Å². The van der Waals surface area contributed by atoms with Crippen LogP contribution >= 0.6 is 0 Å². The highest BCUT2D eigenvalue weighted by atomic mass is 15.3. The zero-order valence-corrected chi connectivity index (χ0v) is 13.6. The van der Waals surface area contributed by atoms with Gasteiger partial charge in [0.2, 0.25) is 0 Å². The van der Waals surface area contributed by atoms with Gasteiger partial charge in [-0.1, -0.05) is 30.3 Å². The van der Waals surface area contributed by atoms with E-state index in [-0.39, 0.29) is 0 Å². The molecule has 0 amide bonds. The smallest absolute Gasteiger partial charge is 0.0271 e. The Morgan fingerprint density at radius 1 is 0.826 bits per heavy atom. The highest BCUT2D eigenvalue weighted by Gasteiger charge is 2.34. The van der Waals surface area contributed by atoms with Gasteiger partial charge in [-0.15, -0.1) is 0 Å². The summed E-state index contributed by atoms with van der Waals surface area (Å²) in [4.78, 5) is 9.51. The minimum atomic E-state index is 0.704. The second-order valence-electron chi connectivity index (χ2n) is 7.06. The summed E-state index contributed by atoms with van der Waals surface area (Å²) in [6.07, 6.45) is 6.56. The van der Waals surface area contributed by atoms with Gasteiger partial charge in [-0.25, -0.2) is 0 Å². The van der Waals surface area contributed by atoms with E-state index in [2.05, 4.69) is 57.2 Å². The summed E-state index contributed by atoms with van der Waals surface area (Å²) < 4.78 is 0. The van der Waals surface area contributed by atoms with Crippen molar-refractivity contribution in [2.75, 3.05) is 19.6 Å². The molecule has 0 radical (unpaired) electrons. The number of benzene rings is 1. The van der Waals surface area contributed by atoms with Gasteiger partial charge < -0.3 is 0 Å². The molecule has 0 saturated carbocycles. The van der Waals surface area contributed by atoms with Crippen molar-refractivity contribution in [2.24, 2.45) is 5.92 Å². The maximum atomic E-state index is 4.13. The first-order valence-corrected chi connectivity index (χ1v) is 8.76. The molecule has 4 heterocycles. The molecule has 2 atom stereocenters. The van der Waals surface area contributed by atoms with Gasteiger partial charge in [0.25, 0.3) is 0 Å². The van der Waals surface area contributed by atoms with Crippen LogP contribution in [0.3, 0.4) is 0 Å². The molecule has 0 spiro atoms. The first kappa shape index (κ1) is 14.9. The Bertz CT molecular complexity index is 611. The van der Waals surface area contributed by atoms with Gasteiger partial charge >= 0.3 is 0 Å². The fraction of sp³-hybridized carbons (Fsp3) is 0.450. The van der Waals surface area contributed by atoms with Crippen LogP contribution < -0.4 is 0 Å². The van der Waals surface area contributed by atoms with Gasteiger partial charge in [-0.3, -0.25) is 14.8 Å². The van der Waals surface area contributed by atoms with Crippen LogP contribution in [0.5, 0.6) is 0 Å². The molecule has 3 heteroatoms. The van der Waals surface area contributed by atoms with Crippen LogP contribution in [0.2, 0.25) is 0 Å². The average Bonchev–Trinajstić information content (AvgIpc) is 2.87. The molecule has 120 valence electrons. The second-order valence-corrected chi connectivity index (χ2v) is 7.06. The Balaban J connectivity index is 1.44. The van der Waals surface area contributed by atoms with Gasteiger partial charge in [0, 0.05) is 51.2 Å². The van der Waals surface area contributed by atoms with E-state index in [4.69, 9.17) is 0 Å². The Hall–Kier alpha value is -1.71. The molecule has 1 aromatic heterocycles. The van der Waals surface area contributed by atoms with Crippen LogP contribution in [0.25, 0.3) is 0 Å². The van der Waals surface area contributed by atoms with E-state index in [1.807, 2.05) is 12.4 Å². The number of fused-ring (bicyclic) bond motifs is 4. The lowest BCUT2D eigenvalue weighted by Crippen LogP contribution is -2.43. The van der Waals surface area contributed by atoms with E-state index in [9.17, 15) is 0 Å². The van der Waals surface area contributed by atoms with Gasteiger partial charge in [0.1, 0.15) is 0 Å². The lowest BCUT2D eigenvalue weighted by atomic mass is 9.94. The summed E-state index contributed by atoms with van der Waals surface area (Å²) in [6.45, 7) is 5.86. The topological polar surface area (TPSA) is 19.4 Å². The van der Waals surface area contributed by atoms with Crippen LogP contribution in [-0.2, 0) is 13.1 Å². The molecule has 2 bridgehead atoms. The highest BCUT2D eigenvalue weighted by Crippen LogP contribution is 2.29. The number of pyridine rings is 1. The van der Waals surface area contributed by atoms with Gasteiger partial charge in [0.15, 0.2) is 0 Å². The molecular formula is C20H25N3. The zero-order valence-electron chi connectivity index (χ0n) is 13.6. The number of hydrogen-bond acceptors (Lipinski definition) is 3. The highest BCUT2D eigenvalue weighted by molar-refractivity contribution is 5.15. The predicted octanol–water partition coefficient (Wildman–Crippen LogP) is 3.18. The molecule has 23 heavy (non-hydrogen) atoms. The molecule has 3 nitrogen and oxygen atoms in total. The fourth-order valence-corrected chi connectivity index (χ4v) is 4.16. The standard InChI is InChI=1S/C20H25N3/c1-2-4-17(5-3-1)14-23-15-19-6-7-20(23)16-22(13-19)12-18-8-10-21-11-9-18/h1-5,8-11,19-20H,6-7,12-16H2. The number of piperidine rings is 1. The Morgan fingerprint density at radius 2 is 1.61 bits per heavy atom. The van der Waals surface area contributed by atoms with Crippen molar-refractivity contribution in [3.63, 3.8) is 0 Å². The molecule has 3 aliphatic rings. The second kappa shape index (κ2) is 6.81. The predicted molar refractivity (Wildman–Crippen MR) is 92.9 cm³/mol. The molecular weight excluding hydrogens is 282 g/mol. The van der Waals surface area contributed by atoms with Crippen LogP contribution in [0.1, 0.15) is 24.0 Å². The average molecular weight is 307 g/mol. The number of nitrogens with zero attached hydrogens (tertiary/aromatic N) is 3. The summed E-state index contributed by atoms with van der Waals surface area (Å²) >= 11 is 0. The number of hydrogen-bond donors (Lipinski definition) is 0. The first-order valence-electron chi connectivity index (χ1n) is 8.76. The van der Waals surface area contributed by atoms with Crippen molar-refractivity contribution >= 4 is 0 Å². The lowest BCUT2D eigenvalue weighted by Gasteiger charge is -2.36. The molecule has 2 unspecified atom stereocenters. The van der Waals surface area contributed by atoms with Crippen LogP contribution in [0.15, 0.2) is 54.9 Å². The summed E-state index contributed by atoms with van der Waals surface area (Å²) in [7, 11) is 0. The van der Waals surface area contributed by atoms with Crippen molar-refractivity contribution in [3.05, 3.63) is 66.0 Å². The quantitative estimate of drug-likeness (QED) is 0.865. The van der Waals surface area contributed by atoms with Crippen LogP contribution in [0, 0.1) is 5.92 Å². The molecule has 2 aromatic rings. The van der Waals surface area contributed by atoms with E-state index in [0.29, 0.717) is 6.04 Å². The monoisotopic (exact) mass is 307 g/mol. The Morgan fingerprint density at radius 3 is 2.43 bits per heavy atom. The van der Waals surface area contributed by atoms with Crippen molar-refractivity contribution in [1.29, 1.82) is 0 Å². The Kier molecular flexibility index (Phi) is 4.40. The maximum Gasteiger partial charge on any atom is 0.0271 e. The summed E-state index contributed by atoms with van der Waals surface area (Å²) in [6, 6.07) is 15.9. The van der Waals surface area contributed by atoms with Gasteiger partial charge in [0.05, 0.1) is 0 Å². The van der Waals surface area contributed by atoms with E-state index < -0.39 is 0 Å². The SMILES string of the molecule is c1ccc(CN2CC3CCC2CN(Cc2ccncc2)C3)cc1. The largest absolute Gasteiger partial charge is 0.297 e. The summed E-state index contributed by atoms with van der Waals surface area (Å²) in [5.41, 5.74) is 2.83. The van der Waals surface area contributed by atoms with Crippen LogP contribution in [-0.4, -0.2) is 40.5 Å². The normalized spacial score (nSPS) is 25.4. The minimum absolute atomic E-state index is 0.704. The fourth-order valence-electron chi connectivity index (χ4n) is 4.16. The van der Waals surface area contributed by atoms with E-state index in [1.165, 1.54) is 43.6 Å². The molecule has 3 saturated heterocycles. The minimum Gasteiger partial charge on any atom is -0.297 e. The zero-order chi connectivity index (χ0) is 15.5. The number of aromatic nitrogens is 1. The molecule has 3 fully saturated rings. The third kappa shape index (κ3) is 3.62. The lowest BCUT2D eigenvalue weighted by molar-refractivity contribution is 0.123. The van der Waals surface area contributed by atoms with E-state index in [0.717, 1.165) is 19.0 Å². The molecule has 1 aromatic carbocycles. The van der Waals surface area contributed by atoms with Crippen molar-refractivity contribution in [3.8, 4) is 0 Å².